The summed E-state index contributed by atoms with van der Waals surface area (Å²) in [6.07, 6.45) is 7.94. The Labute approximate surface area is 119 Å². The number of thiophene rings is 1. The van der Waals surface area contributed by atoms with Crippen molar-refractivity contribution >= 4 is 21.4 Å². The van der Waals surface area contributed by atoms with Gasteiger partial charge in [0.25, 0.3) is 0 Å². The molecule has 1 aromatic heterocycles. The minimum atomic E-state index is 0.561. The second kappa shape index (κ2) is 4.97. The molecule has 1 aliphatic carbocycles. The molecule has 2 atom stereocenters. The summed E-state index contributed by atoms with van der Waals surface area (Å²) < 4.78 is 1.42. The van der Waals surface area contributed by atoms with Crippen LogP contribution in [-0.2, 0) is 0 Å². The zero-order chi connectivity index (χ0) is 13.4. The number of fused-ring (bicyclic) bond motifs is 1. The highest BCUT2D eigenvalue weighted by molar-refractivity contribution is 7.19. The van der Waals surface area contributed by atoms with Gasteiger partial charge in [0, 0.05) is 15.5 Å². The second-order valence-corrected chi connectivity index (χ2v) is 6.71. The SMILES string of the molecule is CC[C@@H](C)[C@@H](C1=CC=C1)c1c(C)sc2ccccc12. The first-order chi connectivity index (χ1) is 9.22. The van der Waals surface area contributed by atoms with Crippen molar-refractivity contribution in [2.45, 2.75) is 33.1 Å². The van der Waals surface area contributed by atoms with Gasteiger partial charge < -0.3 is 0 Å². The van der Waals surface area contributed by atoms with Gasteiger partial charge in [0.05, 0.1) is 0 Å². The van der Waals surface area contributed by atoms with Crippen molar-refractivity contribution < 1.29 is 0 Å². The summed E-state index contributed by atoms with van der Waals surface area (Å²) in [5.74, 6) is 1.25. The molecule has 0 aliphatic heterocycles. The van der Waals surface area contributed by atoms with Crippen LogP contribution in [0.5, 0.6) is 0 Å². The number of rotatable bonds is 4. The molecule has 1 heteroatoms. The van der Waals surface area contributed by atoms with E-state index in [2.05, 4.69) is 63.3 Å². The van der Waals surface area contributed by atoms with Crippen LogP contribution in [-0.4, -0.2) is 0 Å². The fourth-order valence-corrected chi connectivity index (χ4v) is 4.12. The molecule has 0 radical (unpaired) electrons. The van der Waals surface area contributed by atoms with Crippen molar-refractivity contribution in [3.63, 3.8) is 0 Å². The van der Waals surface area contributed by atoms with Crippen LogP contribution in [0.3, 0.4) is 0 Å². The Balaban J connectivity index is 2.17. The highest BCUT2D eigenvalue weighted by Gasteiger charge is 2.26. The first kappa shape index (κ1) is 12.7. The van der Waals surface area contributed by atoms with E-state index in [9.17, 15) is 0 Å². The number of hydrogen-bond donors (Lipinski definition) is 0. The Morgan fingerprint density at radius 3 is 2.58 bits per heavy atom. The molecule has 0 fully saturated rings. The molecule has 0 spiro atoms. The van der Waals surface area contributed by atoms with E-state index in [-0.39, 0.29) is 0 Å². The van der Waals surface area contributed by atoms with Crippen LogP contribution < -0.4 is 0 Å². The number of allylic oxidation sites excluding steroid dienone is 4. The van der Waals surface area contributed by atoms with Crippen LogP contribution in [0.25, 0.3) is 10.1 Å². The minimum Gasteiger partial charge on any atom is -0.140 e. The van der Waals surface area contributed by atoms with E-state index in [1.807, 2.05) is 11.3 Å². The van der Waals surface area contributed by atoms with Crippen LogP contribution in [0.1, 0.15) is 36.6 Å². The van der Waals surface area contributed by atoms with Crippen LogP contribution in [0.4, 0.5) is 0 Å². The fourth-order valence-electron chi connectivity index (χ4n) is 3.00. The molecule has 0 saturated carbocycles. The fraction of sp³-hybridized carbons (Fsp3) is 0.333. The Morgan fingerprint density at radius 2 is 1.95 bits per heavy atom. The lowest BCUT2D eigenvalue weighted by molar-refractivity contribution is 0.495. The average molecular weight is 268 g/mol. The summed E-state index contributed by atoms with van der Waals surface area (Å²) in [4.78, 5) is 1.48. The van der Waals surface area contributed by atoms with Crippen LogP contribution >= 0.6 is 11.3 Å². The normalized spacial score (nSPS) is 17.1. The number of aryl methyl sites for hydroxylation is 1. The molecule has 2 aromatic rings. The Bertz CT molecular complexity index is 657. The van der Waals surface area contributed by atoms with Gasteiger partial charge >= 0.3 is 0 Å². The van der Waals surface area contributed by atoms with Gasteiger partial charge in [0.1, 0.15) is 0 Å². The van der Waals surface area contributed by atoms with E-state index >= 15 is 0 Å². The van der Waals surface area contributed by atoms with E-state index in [0.29, 0.717) is 11.8 Å². The highest BCUT2D eigenvalue weighted by Crippen LogP contribution is 2.44. The van der Waals surface area contributed by atoms with Crippen LogP contribution in [0.15, 0.2) is 48.1 Å². The first-order valence-electron chi connectivity index (χ1n) is 7.08. The lowest BCUT2D eigenvalue weighted by atomic mass is 9.76. The summed E-state index contributed by atoms with van der Waals surface area (Å²) in [5, 5.41) is 1.46. The lowest BCUT2D eigenvalue weighted by Crippen LogP contribution is -2.13. The van der Waals surface area contributed by atoms with E-state index in [1.165, 1.54) is 27.0 Å². The Kier molecular flexibility index (Phi) is 3.32. The van der Waals surface area contributed by atoms with Gasteiger partial charge in [-0.3, -0.25) is 0 Å². The molecule has 19 heavy (non-hydrogen) atoms. The largest absolute Gasteiger partial charge is 0.140 e. The molecule has 98 valence electrons. The minimum absolute atomic E-state index is 0.561. The lowest BCUT2D eigenvalue weighted by Gasteiger charge is -2.27. The summed E-state index contributed by atoms with van der Waals surface area (Å²) in [6, 6.07) is 8.83. The molecular weight excluding hydrogens is 248 g/mol. The van der Waals surface area contributed by atoms with Crippen molar-refractivity contribution in [2.24, 2.45) is 5.92 Å². The zero-order valence-corrected chi connectivity index (χ0v) is 12.6. The molecular formula is C18H20S. The van der Waals surface area contributed by atoms with Crippen molar-refractivity contribution in [1.29, 1.82) is 0 Å². The first-order valence-corrected chi connectivity index (χ1v) is 7.90. The van der Waals surface area contributed by atoms with E-state index in [4.69, 9.17) is 0 Å². The molecule has 0 nitrogen and oxygen atoms in total. The molecule has 3 rings (SSSR count). The topological polar surface area (TPSA) is 0 Å². The molecule has 1 aromatic carbocycles. The third-order valence-corrected chi connectivity index (χ3v) is 5.38. The maximum Gasteiger partial charge on any atom is 0.0348 e. The maximum absolute atomic E-state index is 2.38. The van der Waals surface area contributed by atoms with Gasteiger partial charge in [-0.25, -0.2) is 0 Å². The van der Waals surface area contributed by atoms with Gasteiger partial charge in [-0.1, -0.05) is 56.7 Å². The van der Waals surface area contributed by atoms with Gasteiger partial charge in [-0.2, -0.15) is 0 Å². The molecule has 0 unspecified atom stereocenters. The third kappa shape index (κ3) is 2.06. The van der Waals surface area contributed by atoms with Crippen LogP contribution in [0.2, 0.25) is 0 Å². The monoisotopic (exact) mass is 268 g/mol. The average Bonchev–Trinajstić information content (AvgIpc) is 2.68. The van der Waals surface area contributed by atoms with Crippen molar-refractivity contribution in [2.75, 3.05) is 0 Å². The zero-order valence-electron chi connectivity index (χ0n) is 11.8. The molecule has 1 aliphatic rings. The van der Waals surface area contributed by atoms with Crippen molar-refractivity contribution in [3.8, 4) is 0 Å². The van der Waals surface area contributed by atoms with Gasteiger partial charge in [-0.15, -0.1) is 11.3 Å². The summed E-state index contributed by atoms with van der Waals surface area (Å²) >= 11 is 1.94. The molecule has 0 bridgehead atoms. The Hall–Kier alpha value is -1.34. The van der Waals surface area contributed by atoms with Gasteiger partial charge in [0.15, 0.2) is 0 Å². The molecule has 1 heterocycles. The quantitative estimate of drug-likeness (QED) is 0.654. The summed E-state index contributed by atoms with van der Waals surface area (Å²) in [6.45, 7) is 6.95. The number of hydrogen-bond acceptors (Lipinski definition) is 1. The number of benzene rings is 1. The summed E-state index contributed by atoms with van der Waals surface area (Å²) in [5.41, 5.74) is 3.06. The second-order valence-electron chi connectivity index (χ2n) is 5.46. The van der Waals surface area contributed by atoms with Gasteiger partial charge in [-0.05, 0) is 35.4 Å². The van der Waals surface area contributed by atoms with Crippen molar-refractivity contribution in [1.82, 2.24) is 0 Å². The third-order valence-electron chi connectivity index (χ3n) is 4.28. The predicted molar refractivity (Wildman–Crippen MR) is 86.0 cm³/mol. The molecule has 0 N–H and O–H groups in total. The molecule has 0 saturated heterocycles. The Morgan fingerprint density at radius 1 is 1.21 bits per heavy atom. The molecule has 0 amide bonds. The standard InChI is InChI=1S/C18H20S/c1-4-12(2)17(14-8-7-9-14)18-13(3)19-16-11-6-5-10-15(16)18/h5-12,17H,4H2,1-3H3/t12-,17+/m1/s1. The summed E-state index contributed by atoms with van der Waals surface area (Å²) in [7, 11) is 0. The van der Waals surface area contributed by atoms with Gasteiger partial charge in [0.2, 0.25) is 0 Å². The van der Waals surface area contributed by atoms with E-state index in [0.717, 1.165) is 0 Å². The predicted octanol–water partition coefficient (Wildman–Crippen LogP) is 5.84. The highest BCUT2D eigenvalue weighted by atomic mass is 32.1. The maximum atomic E-state index is 2.38. The van der Waals surface area contributed by atoms with Crippen LogP contribution in [0, 0.1) is 12.8 Å². The van der Waals surface area contributed by atoms with Crippen molar-refractivity contribution in [3.05, 3.63) is 58.5 Å². The smallest absolute Gasteiger partial charge is 0.0348 e. The van der Waals surface area contributed by atoms with E-state index < -0.39 is 0 Å². The van der Waals surface area contributed by atoms with E-state index in [1.54, 1.807) is 5.56 Å².